The van der Waals surface area contributed by atoms with Crippen LogP contribution in [-0.4, -0.2) is 66.3 Å². The minimum absolute atomic E-state index is 0.0271. The molecule has 2 aromatic carbocycles. The maximum Gasteiger partial charge on any atom is 0.309 e. The largest absolute Gasteiger partial charge is 0.481 e. The first-order valence-corrected chi connectivity index (χ1v) is 19.6. The van der Waals surface area contributed by atoms with Gasteiger partial charge < -0.3 is 19.7 Å². The number of anilines is 1. The Kier molecular flexibility index (Phi) is 13.3. The number of aryl methyl sites for hydroxylation is 1. The molecule has 1 fully saturated rings. The smallest absolute Gasteiger partial charge is 0.309 e. The van der Waals surface area contributed by atoms with E-state index in [0.29, 0.717) is 41.0 Å². The van der Waals surface area contributed by atoms with E-state index in [4.69, 9.17) is 26.1 Å². The Morgan fingerprint density at radius 2 is 1.76 bits per heavy atom. The van der Waals surface area contributed by atoms with Crippen LogP contribution < -0.4 is 10.1 Å². The van der Waals surface area contributed by atoms with Crippen molar-refractivity contribution in [3.63, 3.8) is 0 Å². The van der Waals surface area contributed by atoms with E-state index < -0.39 is 11.8 Å². The van der Waals surface area contributed by atoms with Gasteiger partial charge in [-0.2, -0.15) is 0 Å². The number of hydrogen-bond acceptors (Lipinski definition) is 8. The minimum atomic E-state index is -0.592. The Labute approximate surface area is 329 Å². The van der Waals surface area contributed by atoms with Crippen LogP contribution in [0.25, 0.3) is 22.4 Å². The lowest BCUT2D eigenvalue weighted by molar-refractivity contribution is -0.145. The molecule has 11 heteroatoms. The molecule has 2 amide bonds. The summed E-state index contributed by atoms with van der Waals surface area (Å²) in [5, 5.41) is 3.38. The first kappa shape index (κ1) is 41.2. The zero-order valence-corrected chi connectivity index (χ0v) is 34.2. The van der Waals surface area contributed by atoms with Crippen molar-refractivity contribution in [2.24, 2.45) is 23.7 Å². The van der Waals surface area contributed by atoms with E-state index in [9.17, 15) is 19.2 Å². The summed E-state index contributed by atoms with van der Waals surface area (Å²) in [6.07, 6.45) is 6.88. The van der Waals surface area contributed by atoms with E-state index in [-0.39, 0.29) is 23.3 Å². The number of methoxy groups -OCH3 is 1. The number of carbonyl (C=O) groups is 3. The summed E-state index contributed by atoms with van der Waals surface area (Å²) >= 11 is 7.02. The third kappa shape index (κ3) is 8.51. The van der Waals surface area contributed by atoms with Crippen molar-refractivity contribution in [2.45, 2.75) is 79.6 Å². The molecule has 6 rings (SSSR count). The highest BCUT2D eigenvalue weighted by atomic mass is 35.5. The number of rotatable bonds is 11. The summed E-state index contributed by atoms with van der Waals surface area (Å²) in [7, 11) is 4.64. The van der Waals surface area contributed by atoms with E-state index in [1.165, 1.54) is 42.1 Å². The van der Waals surface area contributed by atoms with E-state index in [1.54, 1.807) is 26.2 Å². The molecule has 3 aromatic rings. The number of benzene rings is 2. The second-order valence-electron chi connectivity index (χ2n) is 14.8. The van der Waals surface area contributed by atoms with E-state index in [2.05, 4.69) is 39.1 Å². The van der Waals surface area contributed by atoms with Crippen LogP contribution in [0.1, 0.15) is 82.9 Å². The van der Waals surface area contributed by atoms with Crippen LogP contribution in [0.3, 0.4) is 0 Å². The average molecular weight is 769 g/mol. The molecular formula is C44H53ClN4O6. The Morgan fingerprint density at radius 1 is 1.07 bits per heavy atom. The summed E-state index contributed by atoms with van der Waals surface area (Å²) in [5.74, 6) is 3.79. The number of hydrogen-bond donors (Lipinski definition) is 1. The van der Waals surface area contributed by atoms with Gasteiger partial charge in [-0.1, -0.05) is 82.5 Å². The van der Waals surface area contributed by atoms with Gasteiger partial charge in [-0.3, -0.25) is 19.3 Å². The first-order chi connectivity index (χ1) is 26.3. The number of likely N-dealkylation sites (N-methyl/N-ethyl adjacent to an activating group) is 1. The molecule has 3 aliphatic rings. The second-order valence-corrected chi connectivity index (χ2v) is 15.2. The number of aromatic nitrogens is 1. The Hall–Kier alpha value is -4.92. The zero-order valence-electron chi connectivity index (χ0n) is 33.4. The van der Waals surface area contributed by atoms with Gasteiger partial charge in [-0.05, 0) is 85.6 Å². The molecule has 1 aromatic heterocycles. The highest BCUT2D eigenvalue weighted by Gasteiger charge is 2.54. The van der Waals surface area contributed by atoms with E-state index in [0.717, 1.165) is 58.0 Å². The zero-order chi connectivity index (χ0) is 40.1. The van der Waals surface area contributed by atoms with Crippen LogP contribution in [0.15, 0.2) is 60.1 Å². The Bertz CT molecular complexity index is 2040. The van der Waals surface area contributed by atoms with Crippen LogP contribution >= 0.6 is 11.6 Å². The molecule has 1 saturated carbocycles. The van der Waals surface area contributed by atoms with Crippen LogP contribution in [0.5, 0.6) is 5.88 Å². The molecule has 0 bridgehead atoms. The van der Waals surface area contributed by atoms with Crippen molar-refractivity contribution < 1.29 is 28.7 Å². The van der Waals surface area contributed by atoms with Crippen LogP contribution in [0, 0.1) is 30.6 Å². The van der Waals surface area contributed by atoms with Gasteiger partial charge in [0.05, 0.1) is 30.4 Å². The lowest BCUT2D eigenvalue weighted by Gasteiger charge is -2.29. The minimum Gasteiger partial charge on any atom is -0.481 e. The maximum absolute atomic E-state index is 13.1. The van der Waals surface area contributed by atoms with E-state index in [1.807, 2.05) is 44.2 Å². The van der Waals surface area contributed by atoms with Crippen molar-refractivity contribution in [3.05, 3.63) is 81.8 Å². The Morgan fingerprint density at radius 3 is 2.42 bits per heavy atom. The van der Waals surface area contributed by atoms with Gasteiger partial charge in [-0.25, -0.2) is 9.78 Å². The van der Waals surface area contributed by atoms with Crippen LogP contribution in [0.4, 0.5) is 5.69 Å². The van der Waals surface area contributed by atoms with Crippen molar-refractivity contribution in [1.29, 1.82) is 0 Å². The van der Waals surface area contributed by atoms with Crippen LogP contribution in [-0.2, 0) is 30.3 Å². The van der Waals surface area contributed by atoms with Gasteiger partial charge in [-0.15, -0.1) is 0 Å². The molecule has 55 heavy (non-hydrogen) atoms. The number of halogens is 1. The number of nitrogens with zero attached hydrogens (tertiary/aromatic N) is 3. The number of pyridine rings is 1. The van der Waals surface area contributed by atoms with Crippen molar-refractivity contribution in [2.75, 3.05) is 33.1 Å². The van der Waals surface area contributed by atoms with Gasteiger partial charge >= 0.3 is 5.97 Å². The third-order valence-corrected chi connectivity index (χ3v) is 11.8. The van der Waals surface area contributed by atoms with Gasteiger partial charge in [0.25, 0.3) is 11.8 Å². The third-order valence-electron chi connectivity index (χ3n) is 11.4. The monoisotopic (exact) mass is 768 g/mol. The molecule has 0 saturated heterocycles. The second kappa shape index (κ2) is 17.7. The average Bonchev–Trinajstić information content (AvgIpc) is 3.75. The molecule has 0 radical (unpaired) electrons. The van der Waals surface area contributed by atoms with Crippen LogP contribution in [0.2, 0.25) is 5.02 Å². The molecule has 1 aliphatic heterocycles. The fourth-order valence-electron chi connectivity index (χ4n) is 7.98. The fourth-order valence-corrected chi connectivity index (χ4v) is 8.30. The number of fused-ring (bicyclic) bond motifs is 1. The SMILES string of the molecule is CCOC(=O)C1C(CC)C1CC(C)CC.COc1nc(-c2cccc(-c3cccc(NC(=O)C4=CN(C)C(=C=O)N(C)C4=O)c3C)c2Cl)cc2c1C(C)CC2. The molecule has 2 heterocycles. The molecule has 1 N–H and O–H groups in total. The van der Waals surface area contributed by atoms with Gasteiger partial charge in [0.15, 0.2) is 5.94 Å². The summed E-state index contributed by atoms with van der Waals surface area (Å²) in [4.78, 5) is 56.0. The standard InChI is InChI=1S/C31H29ClN4O4.C13H24O2/c1-17-12-13-19-14-25(34-30(40-5)27(17)19)22-10-6-9-21(28(22)32)20-8-7-11-24(18(20)2)33-29(38)23-15-35(3)26(16-37)36(4)31(23)39;1-5-9(4)8-11-10(6-2)12(11)13(14)15-7-3/h6-11,14-15,17H,12-13H2,1-5H3,(H,33,38);9-12H,5-8H2,1-4H3. The molecule has 292 valence electrons. The molecule has 5 unspecified atom stereocenters. The molecule has 0 spiro atoms. The van der Waals surface area contributed by atoms with Gasteiger partial charge in [0.1, 0.15) is 5.57 Å². The topological polar surface area (TPSA) is 118 Å². The number of amides is 2. The molecule has 5 atom stereocenters. The lowest BCUT2D eigenvalue weighted by Crippen LogP contribution is -2.42. The fraction of sp³-hybridized carbons (Fsp3) is 0.455. The molecule has 10 nitrogen and oxygen atoms in total. The predicted octanol–water partition coefficient (Wildman–Crippen LogP) is 8.59. The first-order valence-electron chi connectivity index (χ1n) is 19.2. The summed E-state index contributed by atoms with van der Waals surface area (Å²) in [5.41, 5.74) is 6.77. The maximum atomic E-state index is 13.1. The summed E-state index contributed by atoms with van der Waals surface area (Å²) in [6, 6.07) is 13.4. The van der Waals surface area contributed by atoms with Crippen molar-refractivity contribution in [1.82, 2.24) is 14.8 Å². The Balaban J connectivity index is 0.000000325. The number of ether oxygens (including phenoxy) is 2. The lowest BCUT2D eigenvalue weighted by atomic mass is 9.95. The van der Waals surface area contributed by atoms with Gasteiger partial charge in [0.2, 0.25) is 11.7 Å². The number of esters is 1. The highest BCUT2D eigenvalue weighted by molar-refractivity contribution is 6.36. The van der Waals surface area contributed by atoms with Crippen molar-refractivity contribution in [3.8, 4) is 28.3 Å². The quantitative estimate of drug-likeness (QED) is 0.117. The predicted molar refractivity (Wildman–Crippen MR) is 216 cm³/mol. The normalized spacial score (nSPS) is 20.4. The molecule has 2 aliphatic carbocycles. The van der Waals surface area contributed by atoms with E-state index >= 15 is 0 Å². The summed E-state index contributed by atoms with van der Waals surface area (Å²) in [6.45, 7) is 13.1. The van der Waals surface area contributed by atoms with Crippen molar-refractivity contribution >= 4 is 41.0 Å². The summed E-state index contributed by atoms with van der Waals surface area (Å²) < 4.78 is 10.8. The molecular weight excluding hydrogens is 716 g/mol. The number of nitrogens with one attached hydrogen (secondary N) is 1. The highest BCUT2D eigenvalue weighted by Crippen LogP contribution is 2.53. The number of carbonyl (C=O) groups excluding carboxylic acids is 4. The van der Waals surface area contributed by atoms with Gasteiger partial charge in [0, 0.05) is 42.7 Å².